The summed E-state index contributed by atoms with van der Waals surface area (Å²) >= 11 is 12.0. The zero-order valence-corrected chi connectivity index (χ0v) is 13.8. The van der Waals surface area contributed by atoms with Crippen LogP contribution in [-0.2, 0) is 4.79 Å². The first-order chi connectivity index (χ1) is 10.5. The molecule has 2 rings (SSSR count). The topological polar surface area (TPSA) is 50.4 Å². The summed E-state index contributed by atoms with van der Waals surface area (Å²) in [5, 5.41) is 7.00. The molecule has 0 radical (unpaired) electrons. The summed E-state index contributed by atoms with van der Waals surface area (Å²) in [5.74, 6) is 0.344. The molecule has 0 aromatic heterocycles. The first-order valence-corrected chi connectivity index (χ1v) is 7.39. The molecule has 2 aromatic carbocycles. The van der Waals surface area contributed by atoms with Gasteiger partial charge in [0.1, 0.15) is 5.75 Å². The van der Waals surface area contributed by atoms with Gasteiger partial charge in [-0.3, -0.25) is 4.79 Å². The van der Waals surface area contributed by atoms with Crippen molar-refractivity contribution in [1.82, 2.24) is 0 Å². The maximum Gasteiger partial charge on any atom is 0.243 e. The third-order valence-electron chi connectivity index (χ3n) is 3.14. The normalized spacial score (nSPS) is 10.2. The second-order valence-electron chi connectivity index (χ2n) is 4.66. The number of carbonyl (C=O) groups excluding carboxylic acids is 1. The average Bonchev–Trinajstić information content (AvgIpc) is 2.49. The van der Waals surface area contributed by atoms with Gasteiger partial charge in [0.05, 0.1) is 19.3 Å². The van der Waals surface area contributed by atoms with E-state index in [0.29, 0.717) is 21.5 Å². The van der Waals surface area contributed by atoms with Gasteiger partial charge < -0.3 is 15.4 Å². The predicted molar refractivity (Wildman–Crippen MR) is 91.3 cm³/mol. The predicted octanol–water partition coefficient (Wildman–Crippen LogP) is 4.36. The molecule has 6 heteroatoms. The number of rotatable bonds is 5. The second-order valence-corrected chi connectivity index (χ2v) is 5.50. The highest BCUT2D eigenvalue weighted by atomic mass is 35.5. The monoisotopic (exact) mass is 338 g/mol. The van der Waals surface area contributed by atoms with Gasteiger partial charge >= 0.3 is 0 Å². The molecule has 0 aliphatic carbocycles. The number of hydrogen-bond acceptors (Lipinski definition) is 3. The second kappa shape index (κ2) is 7.38. The zero-order chi connectivity index (χ0) is 16.1. The highest BCUT2D eigenvalue weighted by Gasteiger charge is 2.09. The standard InChI is InChI=1S/C16H16Cl2N2O2/c1-10-12(18)4-3-5-13(10)19-9-16(21)20-14-8-11(17)6-7-15(14)22-2/h3-8,19H,9H2,1-2H3,(H,20,21). The molecule has 0 atom stereocenters. The Labute approximate surface area is 139 Å². The number of nitrogens with one attached hydrogen (secondary N) is 2. The summed E-state index contributed by atoms with van der Waals surface area (Å²) < 4.78 is 5.19. The van der Waals surface area contributed by atoms with Gasteiger partial charge in [0, 0.05) is 15.7 Å². The fourth-order valence-electron chi connectivity index (χ4n) is 1.95. The zero-order valence-electron chi connectivity index (χ0n) is 12.2. The van der Waals surface area contributed by atoms with Crippen LogP contribution < -0.4 is 15.4 Å². The minimum Gasteiger partial charge on any atom is -0.495 e. The SMILES string of the molecule is COc1ccc(Cl)cc1NC(=O)CNc1cccc(Cl)c1C. The van der Waals surface area contributed by atoms with Crippen LogP contribution in [0.15, 0.2) is 36.4 Å². The van der Waals surface area contributed by atoms with E-state index < -0.39 is 0 Å². The van der Waals surface area contributed by atoms with E-state index in [0.717, 1.165) is 11.3 Å². The van der Waals surface area contributed by atoms with E-state index in [2.05, 4.69) is 10.6 Å². The molecule has 1 amide bonds. The van der Waals surface area contributed by atoms with Crippen molar-refractivity contribution >= 4 is 40.5 Å². The molecule has 0 saturated heterocycles. The van der Waals surface area contributed by atoms with Crippen molar-refractivity contribution in [3.8, 4) is 5.75 Å². The van der Waals surface area contributed by atoms with Gasteiger partial charge in [-0.15, -0.1) is 0 Å². The molecule has 0 saturated carbocycles. The van der Waals surface area contributed by atoms with Crippen LogP contribution in [0.3, 0.4) is 0 Å². The molecule has 0 heterocycles. The summed E-state index contributed by atoms with van der Waals surface area (Å²) in [6.45, 7) is 2.00. The Morgan fingerprint density at radius 1 is 1.18 bits per heavy atom. The van der Waals surface area contributed by atoms with E-state index in [1.165, 1.54) is 7.11 Å². The maximum absolute atomic E-state index is 12.1. The van der Waals surface area contributed by atoms with E-state index in [1.54, 1.807) is 24.3 Å². The van der Waals surface area contributed by atoms with Gasteiger partial charge in [-0.05, 0) is 42.8 Å². The minimum atomic E-state index is -0.208. The third kappa shape index (κ3) is 4.06. The van der Waals surface area contributed by atoms with E-state index in [1.807, 2.05) is 19.1 Å². The number of ether oxygens (including phenoxy) is 1. The molecule has 116 valence electrons. The van der Waals surface area contributed by atoms with E-state index in [9.17, 15) is 4.79 Å². The van der Waals surface area contributed by atoms with Crippen LogP contribution >= 0.6 is 23.2 Å². The van der Waals surface area contributed by atoms with Crippen molar-refractivity contribution in [2.75, 3.05) is 24.3 Å². The van der Waals surface area contributed by atoms with Gasteiger partial charge in [-0.25, -0.2) is 0 Å². The number of halogens is 2. The van der Waals surface area contributed by atoms with E-state index in [-0.39, 0.29) is 12.5 Å². The highest BCUT2D eigenvalue weighted by molar-refractivity contribution is 6.31. The van der Waals surface area contributed by atoms with E-state index in [4.69, 9.17) is 27.9 Å². The molecule has 2 N–H and O–H groups in total. The molecule has 0 fully saturated rings. The Hall–Kier alpha value is -1.91. The van der Waals surface area contributed by atoms with Crippen molar-refractivity contribution < 1.29 is 9.53 Å². The van der Waals surface area contributed by atoms with Crippen LogP contribution in [0.1, 0.15) is 5.56 Å². The lowest BCUT2D eigenvalue weighted by atomic mass is 10.2. The number of anilines is 2. The minimum absolute atomic E-state index is 0.108. The number of carbonyl (C=O) groups is 1. The lowest BCUT2D eigenvalue weighted by Gasteiger charge is -2.13. The smallest absolute Gasteiger partial charge is 0.243 e. The summed E-state index contributed by atoms with van der Waals surface area (Å²) in [5.41, 5.74) is 2.25. The van der Waals surface area contributed by atoms with Crippen LogP contribution in [0.4, 0.5) is 11.4 Å². The van der Waals surface area contributed by atoms with Gasteiger partial charge in [0.25, 0.3) is 0 Å². The molecular formula is C16H16Cl2N2O2. The fourth-order valence-corrected chi connectivity index (χ4v) is 2.29. The lowest BCUT2D eigenvalue weighted by Crippen LogP contribution is -2.22. The Kier molecular flexibility index (Phi) is 5.52. The largest absolute Gasteiger partial charge is 0.495 e. The fraction of sp³-hybridized carbons (Fsp3) is 0.188. The Bertz CT molecular complexity index is 690. The van der Waals surface area contributed by atoms with Crippen LogP contribution in [0.25, 0.3) is 0 Å². The molecule has 4 nitrogen and oxygen atoms in total. The van der Waals surface area contributed by atoms with Crippen LogP contribution in [0.2, 0.25) is 10.0 Å². The van der Waals surface area contributed by atoms with Crippen LogP contribution in [0, 0.1) is 6.92 Å². The maximum atomic E-state index is 12.1. The molecule has 0 unspecified atom stereocenters. The molecule has 2 aromatic rings. The van der Waals surface area contributed by atoms with Gasteiger partial charge in [0.2, 0.25) is 5.91 Å². The summed E-state index contributed by atoms with van der Waals surface area (Å²) in [7, 11) is 1.53. The lowest BCUT2D eigenvalue weighted by molar-refractivity contribution is -0.114. The molecular weight excluding hydrogens is 323 g/mol. The van der Waals surface area contributed by atoms with Crippen molar-refractivity contribution in [3.63, 3.8) is 0 Å². The third-order valence-corrected chi connectivity index (χ3v) is 3.79. The number of amides is 1. The van der Waals surface area contributed by atoms with Crippen molar-refractivity contribution in [3.05, 3.63) is 52.0 Å². The van der Waals surface area contributed by atoms with Crippen LogP contribution in [-0.4, -0.2) is 19.6 Å². The first-order valence-electron chi connectivity index (χ1n) is 6.63. The number of hydrogen-bond donors (Lipinski definition) is 2. The quantitative estimate of drug-likeness (QED) is 0.851. The van der Waals surface area contributed by atoms with Crippen molar-refractivity contribution in [1.29, 1.82) is 0 Å². The molecule has 0 aliphatic heterocycles. The van der Waals surface area contributed by atoms with Crippen molar-refractivity contribution in [2.24, 2.45) is 0 Å². The van der Waals surface area contributed by atoms with E-state index >= 15 is 0 Å². The number of methoxy groups -OCH3 is 1. The number of benzene rings is 2. The van der Waals surface area contributed by atoms with Gasteiger partial charge in [0.15, 0.2) is 0 Å². The Balaban J connectivity index is 2.02. The Morgan fingerprint density at radius 3 is 2.68 bits per heavy atom. The molecule has 0 spiro atoms. The summed E-state index contributed by atoms with van der Waals surface area (Å²) in [6, 6.07) is 10.5. The van der Waals surface area contributed by atoms with Crippen molar-refractivity contribution in [2.45, 2.75) is 6.92 Å². The van der Waals surface area contributed by atoms with Gasteiger partial charge in [-0.1, -0.05) is 29.3 Å². The van der Waals surface area contributed by atoms with Gasteiger partial charge in [-0.2, -0.15) is 0 Å². The molecule has 22 heavy (non-hydrogen) atoms. The average molecular weight is 339 g/mol. The van der Waals surface area contributed by atoms with Crippen LogP contribution in [0.5, 0.6) is 5.75 Å². The molecule has 0 aliphatic rings. The summed E-state index contributed by atoms with van der Waals surface area (Å²) in [6.07, 6.45) is 0. The highest BCUT2D eigenvalue weighted by Crippen LogP contribution is 2.27. The molecule has 0 bridgehead atoms. The Morgan fingerprint density at radius 2 is 1.95 bits per heavy atom. The summed E-state index contributed by atoms with van der Waals surface area (Å²) in [4.78, 5) is 12.1. The first kappa shape index (κ1) is 16.5.